The normalized spacial score (nSPS) is 27.2. The van der Waals surface area contributed by atoms with Crippen molar-refractivity contribution in [3.05, 3.63) is 11.4 Å². The summed E-state index contributed by atoms with van der Waals surface area (Å²) in [5.41, 5.74) is 0. The summed E-state index contributed by atoms with van der Waals surface area (Å²) in [6, 6.07) is 0.543. The molecule has 0 aromatic heterocycles. The lowest BCUT2D eigenvalue weighted by Crippen LogP contribution is -2.33. The number of rotatable bonds is 1. The van der Waals surface area contributed by atoms with Crippen molar-refractivity contribution in [2.24, 2.45) is 0 Å². The summed E-state index contributed by atoms with van der Waals surface area (Å²) >= 11 is 0. The molecule has 1 fully saturated rings. The van der Waals surface area contributed by atoms with E-state index in [4.69, 9.17) is 6.57 Å². The highest BCUT2D eigenvalue weighted by atomic mass is 15.3. The molecule has 1 aliphatic heterocycles. The minimum absolute atomic E-state index is 0.181. The molecule has 1 rings (SSSR count). The lowest BCUT2D eigenvalue weighted by molar-refractivity contribution is 0.232. The molecule has 1 atom stereocenters. The van der Waals surface area contributed by atoms with E-state index in [-0.39, 0.29) is 6.17 Å². The van der Waals surface area contributed by atoms with E-state index in [0.717, 1.165) is 13.0 Å². The molecule has 1 unspecified atom stereocenters. The Morgan fingerprint density at radius 2 is 2.30 bits per heavy atom. The van der Waals surface area contributed by atoms with Crippen molar-refractivity contribution < 1.29 is 0 Å². The molecule has 10 heavy (non-hydrogen) atoms. The quantitative estimate of drug-likeness (QED) is 0.501. The Labute approximate surface area is 62.7 Å². The van der Waals surface area contributed by atoms with Crippen LogP contribution < -0.4 is 0 Å². The summed E-state index contributed by atoms with van der Waals surface area (Å²) in [5, 5.41) is 0. The first-order valence-electron chi connectivity index (χ1n) is 3.88. The Bertz CT molecular complexity index is 146. The van der Waals surface area contributed by atoms with Crippen molar-refractivity contribution in [2.75, 3.05) is 6.54 Å². The predicted octanol–water partition coefficient (Wildman–Crippen LogP) is 1.74. The van der Waals surface area contributed by atoms with Gasteiger partial charge in [-0.3, -0.25) is 4.85 Å². The van der Waals surface area contributed by atoms with E-state index in [1.165, 1.54) is 6.42 Å². The third kappa shape index (κ3) is 1.30. The van der Waals surface area contributed by atoms with Crippen LogP contribution in [0, 0.1) is 6.57 Å². The van der Waals surface area contributed by atoms with Crippen LogP contribution in [-0.4, -0.2) is 23.7 Å². The van der Waals surface area contributed by atoms with Gasteiger partial charge in [-0.05, 0) is 20.3 Å². The van der Waals surface area contributed by atoms with E-state index >= 15 is 0 Å². The third-order valence-electron chi connectivity index (χ3n) is 2.07. The number of nitrogens with zero attached hydrogens (tertiary/aromatic N) is 2. The van der Waals surface area contributed by atoms with Crippen LogP contribution in [0.5, 0.6) is 0 Å². The molecular formula is C8H14N2. The van der Waals surface area contributed by atoms with Gasteiger partial charge in [0.15, 0.2) is 0 Å². The summed E-state index contributed by atoms with van der Waals surface area (Å²) in [7, 11) is 0. The highest BCUT2D eigenvalue weighted by Crippen LogP contribution is 2.20. The average Bonchev–Trinajstić information content (AvgIpc) is 2.33. The van der Waals surface area contributed by atoms with Gasteiger partial charge in [-0.15, -0.1) is 0 Å². The van der Waals surface area contributed by atoms with Crippen LogP contribution in [-0.2, 0) is 0 Å². The Morgan fingerprint density at radius 1 is 1.60 bits per heavy atom. The fraction of sp³-hybridized carbons (Fsp3) is 0.875. The highest BCUT2D eigenvalue weighted by Gasteiger charge is 2.30. The van der Waals surface area contributed by atoms with Crippen LogP contribution in [0.1, 0.15) is 26.7 Å². The fourth-order valence-electron chi connectivity index (χ4n) is 1.51. The summed E-state index contributed by atoms with van der Waals surface area (Å²) < 4.78 is 0. The van der Waals surface area contributed by atoms with Gasteiger partial charge in [0.05, 0.1) is 0 Å². The molecular weight excluding hydrogens is 124 g/mol. The molecule has 0 aromatic carbocycles. The van der Waals surface area contributed by atoms with Crippen molar-refractivity contribution in [1.82, 2.24) is 4.90 Å². The maximum absolute atomic E-state index is 6.91. The van der Waals surface area contributed by atoms with Gasteiger partial charge in [-0.2, -0.15) is 0 Å². The molecule has 0 amide bonds. The lowest BCUT2D eigenvalue weighted by Gasteiger charge is -2.19. The number of hydrogen-bond acceptors (Lipinski definition) is 1. The van der Waals surface area contributed by atoms with Crippen molar-refractivity contribution in [2.45, 2.75) is 38.9 Å². The van der Waals surface area contributed by atoms with E-state index in [1.807, 2.05) is 0 Å². The molecule has 1 saturated heterocycles. The summed E-state index contributed by atoms with van der Waals surface area (Å²) in [4.78, 5) is 5.84. The number of likely N-dealkylation sites (tertiary alicyclic amines) is 1. The smallest absolute Gasteiger partial charge is 0.279 e. The van der Waals surface area contributed by atoms with Gasteiger partial charge in [0.2, 0.25) is 0 Å². The molecule has 2 heteroatoms. The fourth-order valence-corrected chi connectivity index (χ4v) is 1.51. The molecule has 1 heterocycles. The lowest BCUT2D eigenvalue weighted by atomic mass is 10.3. The molecule has 56 valence electrons. The maximum Gasteiger partial charge on any atom is 0.279 e. The van der Waals surface area contributed by atoms with Crippen molar-refractivity contribution >= 4 is 0 Å². The van der Waals surface area contributed by atoms with Crippen molar-refractivity contribution in [1.29, 1.82) is 0 Å². The Kier molecular flexibility index (Phi) is 2.29. The van der Waals surface area contributed by atoms with Gasteiger partial charge < -0.3 is 0 Å². The molecule has 0 spiro atoms. The first-order valence-corrected chi connectivity index (χ1v) is 3.88. The minimum atomic E-state index is 0.181. The van der Waals surface area contributed by atoms with Crippen molar-refractivity contribution in [3.63, 3.8) is 0 Å². The second-order valence-corrected chi connectivity index (χ2v) is 3.08. The summed E-state index contributed by atoms with van der Waals surface area (Å²) in [5.74, 6) is 0. The van der Waals surface area contributed by atoms with Gasteiger partial charge in [-0.1, -0.05) is 0 Å². The average molecular weight is 138 g/mol. The van der Waals surface area contributed by atoms with Crippen LogP contribution >= 0.6 is 0 Å². The summed E-state index contributed by atoms with van der Waals surface area (Å²) in [6.45, 7) is 12.3. The van der Waals surface area contributed by atoms with Crippen LogP contribution in [0.4, 0.5) is 0 Å². The van der Waals surface area contributed by atoms with E-state index in [2.05, 4.69) is 23.6 Å². The Balaban J connectivity index is 2.52. The molecule has 0 radical (unpaired) electrons. The van der Waals surface area contributed by atoms with Crippen LogP contribution in [0.15, 0.2) is 0 Å². The van der Waals surface area contributed by atoms with Crippen LogP contribution in [0.25, 0.3) is 4.85 Å². The zero-order valence-corrected chi connectivity index (χ0v) is 6.67. The largest absolute Gasteiger partial charge is 0.296 e. The van der Waals surface area contributed by atoms with E-state index in [0.29, 0.717) is 6.04 Å². The third-order valence-corrected chi connectivity index (χ3v) is 2.07. The van der Waals surface area contributed by atoms with Gasteiger partial charge in [0.1, 0.15) is 0 Å². The number of hydrogen-bond donors (Lipinski definition) is 0. The zero-order chi connectivity index (χ0) is 7.56. The Hall–Kier alpha value is -0.550. The molecule has 1 aliphatic rings. The van der Waals surface area contributed by atoms with E-state index < -0.39 is 0 Å². The second kappa shape index (κ2) is 3.03. The standard InChI is InChI=1S/C8H14N2/c1-7(2)10-6-4-5-8(10)9-3/h7-8H,4-6H2,1-2H3. The highest BCUT2D eigenvalue weighted by molar-refractivity contribution is 4.86. The van der Waals surface area contributed by atoms with Crippen LogP contribution in [0.3, 0.4) is 0 Å². The topological polar surface area (TPSA) is 7.60 Å². The molecule has 2 nitrogen and oxygen atoms in total. The van der Waals surface area contributed by atoms with E-state index in [1.54, 1.807) is 0 Å². The monoisotopic (exact) mass is 138 g/mol. The maximum atomic E-state index is 6.91. The van der Waals surface area contributed by atoms with Crippen LogP contribution in [0.2, 0.25) is 0 Å². The van der Waals surface area contributed by atoms with Gasteiger partial charge in [0, 0.05) is 19.0 Å². The Morgan fingerprint density at radius 3 is 2.70 bits per heavy atom. The first kappa shape index (κ1) is 7.56. The van der Waals surface area contributed by atoms with Gasteiger partial charge in [-0.25, -0.2) is 11.5 Å². The zero-order valence-electron chi connectivity index (χ0n) is 6.67. The van der Waals surface area contributed by atoms with E-state index in [9.17, 15) is 0 Å². The molecule has 0 saturated carbocycles. The molecule has 0 bridgehead atoms. The van der Waals surface area contributed by atoms with Gasteiger partial charge in [0.25, 0.3) is 6.17 Å². The predicted molar refractivity (Wildman–Crippen MR) is 41.5 cm³/mol. The minimum Gasteiger partial charge on any atom is -0.296 e. The van der Waals surface area contributed by atoms with Gasteiger partial charge >= 0.3 is 0 Å². The van der Waals surface area contributed by atoms with Crippen molar-refractivity contribution in [3.8, 4) is 0 Å². The SMILES string of the molecule is [C-]#[N+]C1CCCN1C(C)C. The molecule has 0 N–H and O–H groups in total. The molecule has 0 aromatic rings. The second-order valence-electron chi connectivity index (χ2n) is 3.08. The molecule has 0 aliphatic carbocycles. The first-order chi connectivity index (χ1) is 4.75. The summed E-state index contributed by atoms with van der Waals surface area (Å²) in [6.07, 6.45) is 2.45.